The molecule has 0 bridgehead atoms. The minimum atomic E-state index is -4.94. The van der Waals surface area contributed by atoms with Crippen LogP contribution in [0.3, 0.4) is 0 Å². The molecule has 0 atom stereocenters. The lowest BCUT2D eigenvalue weighted by Crippen LogP contribution is -2.68. The largest absolute Gasteiger partial charge is 0.489 e. The fourth-order valence-electron chi connectivity index (χ4n) is 3.48. The van der Waals surface area contributed by atoms with Gasteiger partial charge in [-0.2, -0.15) is 28.1 Å². The van der Waals surface area contributed by atoms with Crippen molar-refractivity contribution >= 4 is 57.2 Å². The van der Waals surface area contributed by atoms with E-state index in [1.54, 1.807) is 11.3 Å². The molecule has 0 saturated carbocycles. The van der Waals surface area contributed by atoms with Crippen LogP contribution in [0.2, 0.25) is 0 Å². The molecule has 0 saturated heterocycles. The van der Waals surface area contributed by atoms with Gasteiger partial charge in [0, 0.05) is 35.2 Å². The molecule has 1 aromatic heterocycles. The maximum absolute atomic E-state index is 8.49. The summed E-state index contributed by atoms with van der Waals surface area (Å²) in [5.74, 6) is 5.34. The van der Waals surface area contributed by atoms with Crippen molar-refractivity contribution in [2.24, 2.45) is 7.05 Å². The summed E-state index contributed by atoms with van der Waals surface area (Å²) >= 11 is 5.46. The fraction of sp³-hybridized carbons (Fsp3) is 0.423. The molecule has 0 aliphatic carbocycles. The van der Waals surface area contributed by atoms with Crippen molar-refractivity contribution in [1.82, 2.24) is 0 Å². The van der Waals surface area contributed by atoms with Crippen molar-refractivity contribution in [2.75, 3.05) is 62.7 Å². The Hall–Kier alpha value is -1.58. The van der Waals surface area contributed by atoms with E-state index in [0.29, 0.717) is 26.4 Å². The quantitative estimate of drug-likeness (QED) is 0.372. The highest BCUT2D eigenvalue weighted by Crippen LogP contribution is 2.30. The maximum Gasteiger partial charge on any atom is 0.262 e. The maximum atomic E-state index is 8.49. The molecule has 0 N–H and O–H groups in total. The number of nitrogens with zero attached hydrogens (tertiary/aromatic N) is 1. The van der Waals surface area contributed by atoms with Gasteiger partial charge in [0.25, 0.3) is 5.01 Å². The summed E-state index contributed by atoms with van der Waals surface area (Å²) in [5.41, 5.74) is 2.34. The minimum absolute atomic E-state index is 0.636. The van der Waals surface area contributed by atoms with Crippen molar-refractivity contribution in [3.63, 3.8) is 0 Å². The molecular formula is C26H32ClNO8S3. The van der Waals surface area contributed by atoms with Gasteiger partial charge in [-0.3, -0.25) is 0 Å². The zero-order valence-electron chi connectivity index (χ0n) is 21.6. The van der Waals surface area contributed by atoms with E-state index in [4.69, 9.17) is 37.6 Å². The van der Waals surface area contributed by atoms with Gasteiger partial charge in [-0.1, -0.05) is 29.5 Å². The molecule has 2 heterocycles. The van der Waals surface area contributed by atoms with Crippen LogP contribution >= 0.6 is 34.9 Å². The SMILES string of the molecule is C[n+]1c(/C=C/c2ccc3c(c2)OCCSCCOCCOCCSCCO3)sc2ccccc21.[O-][Cl+3]([O-])([O-])[O-]. The number of para-hydroxylation sites is 1. The number of hydrogen-bond donors (Lipinski definition) is 0. The molecule has 13 heteroatoms. The predicted octanol–water partition coefficient (Wildman–Crippen LogP) is 0.411. The van der Waals surface area contributed by atoms with Crippen molar-refractivity contribution in [3.8, 4) is 11.5 Å². The van der Waals surface area contributed by atoms with Crippen LogP contribution in [0.15, 0.2) is 42.5 Å². The van der Waals surface area contributed by atoms with E-state index in [2.05, 4.69) is 60.2 Å². The van der Waals surface area contributed by atoms with E-state index in [9.17, 15) is 0 Å². The number of fused-ring (bicyclic) bond motifs is 2. The van der Waals surface area contributed by atoms with Crippen LogP contribution in [-0.4, -0.2) is 62.7 Å². The smallest absolute Gasteiger partial charge is 0.262 e. The summed E-state index contributed by atoms with van der Waals surface area (Å²) in [6.07, 6.45) is 4.31. The third-order valence-electron chi connectivity index (χ3n) is 5.24. The summed E-state index contributed by atoms with van der Waals surface area (Å²) in [6.45, 7) is 4.09. The second-order valence-electron chi connectivity index (χ2n) is 8.03. The van der Waals surface area contributed by atoms with Crippen molar-refractivity contribution in [3.05, 3.63) is 53.0 Å². The van der Waals surface area contributed by atoms with Gasteiger partial charge in [0.2, 0.25) is 5.52 Å². The van der Waals surface area contributed by atoms with E-state index in [1.165, 1.54) is 15.2 Å². The number of benzene rings is 2. The molecule has 0 amide bonds. The lowest BCUT2D eigenvalue weighted by atomic mass is 10.2. The van der Waals surface area contributed by atoms with Crippen molar-refractivity contribution in [1.29, 1.82) is 0 Å². The van der Waals surface area contributed by atoms with E-state index in [0.717, 1.165) is 53.3 Å². The number of halogens is 1. The summed E-state index contributed by atoms with van der Waals surface area (Å²) in [4.78, 5) is 0. The Bertz CT molecular complexity index is 1170. The molecular weight excluding hydrogens is 586 g/mol. The fourth-order valence-corrected chi connectivity index (χ4v) is 5.81. The standard InChI is InChI=1S/C26H32NO4S3.ClHO4/c1-27-22-4-2-3-5-25(22)34-26(27)9-7-21-6-8-23-24(20-21)31-15-19-33-17-13-29-11-10-28-12-16-32-18-14-30-23;2-1(3,4)5/h2-9,20H,10-19H2,1H3;(H,2,3,4,5)/q+1;/p-1/b9-7+;. The Balaban J connectivity index is 0.000000771. The molecule has 4 rings (SSSR count). The summed E-state index contributed by atoms with van der Waals surface area (Å²) in [6, 6.07) is 14.7. The summed E-state index contributed by atoms with van der Waals surface area (Å²) in [7, 11) is -2.83. The Kier molecular flexibility index (Phi) is 14.2. The minimum Gasteiger partial charge on any atom is -0.489 e. The lowest BCUT2D eigenvalue weighted by molar-refractivity contribution is -2.00. The molecule has 39 heavy (non-hydrogen) atoms. The zero-order valence-corrected chi connectivity index (χ0v) is 24.8. The second-order valence-corrected chi connectivity index (χ2v) is 12.3. The van der Waals surface area contributed by atoms with Gasteiger partial charge in [0.05, 0.1) is 39.6 Å². The Morgan fingerprint density at radius 3 is 1.97 bits per heavy atom. The van der Waals surface area contributed by atoms with Crippen LogP contribution < -0.4 is 32.7 Å². The average molecular weight is 618 g/mol. The first kappa shape index (κ1) is 31.9. The van der Waals surface area contributed by atoms with Crippen LogP contribution in [0, 0.1) is 10.2 Å². The molecule has 3 aromatic rings. The predicted molar refractivity (Wildman–Crippen MR) is 146 cm³/mol. The Labute approximate surface area is 243 Å². The zero-order chi connectivity index (χ0) is 27.9. The first-order valence-corrected chi connectivity index (χ1v) is 16.6. The molecule has 1 aliphatic rings. The van der Waals surface area contributed by atoms with E-state index >= 15 is 0 Å². The van der Waals surface area contributed by atoms with Crippen LogP contribution in [0.4, 0.5) is 0 Å². The molecule has 2 aromatic carbocycles. The van der Waals surface area contributed by atoms with Gasteiger partial charge in [-0.05, 0) is 29.8 Å². The topological polar surface area (TPSA) is 133 Å². The van der Waals surface area contributed by atoms with Crippen molar-refractivity contribution in [2.45, 2.75) is 0 Å². The van der Waals surface area contributed by atoms with Gasteiger partial charge >= 0.3 is 0 Å². The number of hydrogen-bond acceptors (Lipinski definition) is 11. The van der Waals surface area contributed by atoms with E-state index in [1.807, 2.05) is 29.6 Å². The molecule has 0 radical (unpaired) electrons. The number of thiazole rings is 1. The highest BCUT2D eigenvalue weighted by molar-refractivity contribution is 7.99. The van der Waals surface area contributed by atoms with Gasteiger partial charge in [-0.25, -0.2) is 18.6 Å². The number of ether oxygens (including phenoxy) is 4. The second kappa shape index (κ2) is 17.3. The molecule has 214 valence electrons. The third kappa shape index (κ3) is 12.6. The van der Waals surface area contributed by atoms with Gasteiger partial charge in [0.1, 0.15) is 11.7 Å². The highest BCUT2D eigenvalue weighted by Gasteiger charge is 2.14. The van der Waals surface area contributed by atoms with Crippen LogP contribution in [0.5, 0.6) is 11.5 Å². The summed E-state index contributed by atoms with van der Waals surface area (Å²) in [5, 5.41) is 1.21. The number of aromatic nitrogens is 1. The van der Waals surface area contributed by atoms with Crippen LogP contribution in [-0.2, 0) is 16.5 Å². The average Bonchev–Trinajstić information content (AvgIpc) is 3.22. The molecule has 0 spiro atoms. The van der Waals surface area contributed by atoms with Gasteiger partial charge < -0.3 is 18.9 Å². The summed E-state index contributed by atoms with van der Waals surface area (Å²) < 4.78 is 60.9. The Morgan fingerprint density at radius 1 is 0.744 bits per heavy atom. The monoisotopic (exact) mass is 617 g/mol. The van der Waals surface area contributed by atoms with E-state index in [-0.39, 0.29) is 0 Å². The number of aryl methyl sites for hydroxylation is 1. The van der Waals surface area contributed by atoms with Gasteiger partial charge in [-0.15, -0.1) is 10.2 Å². The molecule has 0 unspecified atom stereocenters. The van der Waals surface area contributed by atoms with Crippen molar-refractivity contribution < 1.29 is 52.4 Å². The first-order chi connectivity index (χ1) is 18.8. The normalized spacial score (nSPS) is 16.7. The lowest BCUT2D eigenvalue weighted by Gasteiger charge is -2.17. The van der Waals surface area contributed by atoms with Crippen LogP contribution in [0.25, 0.3) is 22.4 Å². The van der Waals surface area contributed by atoms with Crippen LogP contribution in [0.1, 0.15) is 10.6 Å². The molecule has 0 fully saturated rings. The van der Waals surface area contributed by atoms with Gasteiger partial charge in [0.15, 0.2) is 11.5 Å². The van der Waals surface area contributed by atoms with E-state index < -0.39 is 10.2 Å². The highest BCUT2D eigenvalue weighted by atomic mass is 35.7. The number of thioether (sulfide) groups is 2. The Morgan fingerprint density at radius 2 is 1.33 bits per heavy atom. The first-order valence-electron chi connectivity index (χ1n) is 12.2. The number of rotatable bonds is 2. The molecule has 9 nitrogen and oxygen atoms in total. The third-order valence-corrected chi connectivity index (χ3v) is 8.25. The molecule has 1 aliphatic heterocycles.